The zero-order chi connectivity index (χ0) is 12.0. The Kier molecular flexibility index (Phi) is 4.09. The van der Waals surface area contributed by atoms with Crippen molar-refractivity contribution in [1.29, 1.82) is 0 Å². The first-order valence-corrected chi connectivity index (χ1v) is 6.03. The lowest BCUT2D eigenvalue weighted by molar-refractivity contribution is 0.490. The summed E-state index contributed by atoms with van der Waals surface area (Å²) in [7, 11) is -3.67. The average Bonchev–Trinajstić information content (AvgIpc) is 2.69. The molecule has 7 nitrogen and oxygen atoms in total. The first-order chi connectivity index (χ1) is 7.47. The van der Waals surface area contributed by atoms with Gasteiger partial charge in [-0.15, -0.1) is 10.2 Å². The van der Waals surface area contributed by atoms with Crippen molar-refractivity contribution in [3.8, 4) is 11.4 Å². The maximum atomic E-state index is 9.19. The van der Waals surface area contributed by atoms with Crippen LogP contribution >= 0.6 is 0 Å². The van der Waals surface area contributed by atoms with Crippen molar-refractivity contribution < 1.29 is 13.0 Å². The lowest BCUT2D eigenvalue weighted by Crippen LogP contribution is -1.88. The normalized spacial score (nSPS) is 10.4. The van der Waals surface area contributed by atoms with Crippen LogP contribution in [-0.2, 0) is 10.1 Å². The second kappa shape index (κ2) is 5.33. The van der Waals surface area contributed by atoms with Crippen molar-refractivity contribution in [2.45, 2.75) is 0 Å². The summed E-state index contributed by atoms with van der Waals surface area (Å²) in [5.41, 5.74) is 0.973. The van der Waals surface area contributed by atoms with E-state index in [9.17, 15) is 8.42 Å². The molecule has 0 saturated carbocycles. The Labute approximate surface area is 92.3 Å². The Morgan fingerprint density at radius 2 is 1.81 bits per heavy atom. The Balaban J connectivity index is 0.000000221. The Morgan fingerprint density at radius 1 is 1.25 bits per heavy atom. The number of hydrogen-bond acceptors (Lipinski definition) is 5. The maximum absolute atomic E-state index is 9.19. The van der Waals surface area contributed by atoms with E-state index >= 15 is 0 Å². The topological polar surface area (TPSA) is 109 Å². The summed E-state index contributed by atoms with van der Waals surface area (Å²) in [5, 5.41) is 13.5. The Hall–Kier alpha value is -1.80. The molecule has 0 bridgehead atoms. The molecule has 0 aliphatic rings. The molecule has 0 saturated heterocycles. The summed E-state index contributed by atoms with van der Waals surface area (Å²) < 4.78 is 25.9. The van der Waals surface area contributed by atoms with Crippen LogP contribution in [0.15, 0.2) is 30.3 Å². The molecular formula is C8H10N4O3S. The van der Waals surface area contributed by atoms with Crippen LogP contribution in [0.2, 0.25) is 0 Å². The molecule has 0 fully saturated rings. The number of nitrogens with zero attached hydrogens (tertiary/aromatic N) is 3. The fourth-order valence-electron chi connectivity index (χ4n) is 0.871. The van der Waals surface area contributed by atoms with Gasteiger partial charge in [0.05, 0.1) is 6.26 Å². The molecule has 8 heteroatoms. The van der Waals surface area contributed by atoms with E-state index in [4.69, 9.17) is 4.55 Å². The molecule has 2 N–H and O–H groups in total. The molecule has 1 aromatic carbocycles. The summed E-state index contributed by atoms with van der Waals surface area (Å²) in [6.07, 6.45) is 0.715. The maximum Gasteiger partial charge on any atom is 0.261 e. The summed E-state index contributed by atoms with van der Waals surface area (Å²) >= 11 is 0. The van der Waals surface area contributed by atoms with Gasteiger partial charge in [0, 0.05) is 5.56 Å². The van der Waals surface area contributed by atoms with Gasteiger partial charge in [-0.25, -0.2) is 0 Å². The van der Waals surface area contributed by atoms with Crippen molar-refractivity contribution in [3.63, 3.8) is 0 Å². The third-order valence-electron chi connectivity index (χ3n) is 1.38. The van der Waals surface area contributed by atoms with Gasteiger partial charge >= 0.3 is 0 Å². The molecule has 0 aliphatic carbocycles. The SMILES string of the molecule is CS(=O)(=O)O.c1ccc(-c2nn[nH]n2)cc1. The largest absolute Gasteiger partial charge is 0.286 e. The Bertz CT molecular complexity index is 501. The lowest BCUT2D eigenvalue weighted by Gasteiger charge is -1.89. The molecule has 0 amide bonds. The van der Waals surface area contributed by atoms with Gasteiger partial charge in [-0.1, -0.05) is 30.3 Å². The van der Waals surface area contributed by atoms with E-state index in [2.05, 4.69) is 20.6 Å². The number of H-pyrrole nitrogens is 1. The highest BCUT2D eigenvalue weighted by atomic mass is 32.2. The van der Waals surface area contributed by atoms with Gasteiger partial charge in [0.1, 0.15) is 0 Å². The zero-order valence-corrected chi connectivity index (χ0v) is 9.22. The highest BCUT2D eigenvalue weighted by Gasteiger charge is 1.98. The van der Waals surface area contributed by atoms with E-state index < -0.39 is 10.1 Å². The fourth-order valence-corrected chi connectivity index (χ4v) is 0.871. The predicted molar refractivity (Wildman–Crippen MR) is 57.1 cm³/mol. The number of benzene rings is 1. The first kappa shape index (κ1) is 12.3. The first-order valence-electron chi connectivity index (χ1n) is 4.18. The monoisotopic (exact) mass is 242 g/mol. The quantitative estimate of drug-likeness (QED) is 0.699. The van der Waals surface area contributed by atoms with Crippen LogP contribution in [0.25, 0.3) is 11.4 Å². The van der Waals surface area contributed by atoms with E-state index in [0.29, 0.717) is 12.1 Å². The van der Waals surface area contributed by atoms with Gasteiger partial charge in [-0.3, -0.25) is 4.55 Å². The van der Waals surface area contributed by atoms with Gasteiger partial charge in [-0.05, 0) is 5.21 Å². The average molecular weight is 242 g/mol. The summed E-state index contributed by atoms with van der Waals surface area (Å²) in [6, 6.07) is 9.69. The Morgan fingerprint density at radius 3 is 2.25 bits per heavy atom. The highest BCUT2D eigenvalue weighted by molar-refractivity contribution is 7.85. The van der Waals surface area contributed by atoms with Crippen molar-refractivity contribution in [2.75, 3.05) is 6.26 Å². The minimum atomic E-state index is -3.67. The van der Waals surface area contributed by atoms with E-state index in [1.54, 1.807) is 0 Å². The smallest absolute Gasteiger partial charge is 0.261 e. The number of aromatic amines is 1. The van der Waals surface area contributed by atoms with Crippen LogP contribution in [0.1, 0.15) is 0 Å². The van der Waals surface area contributed by atoms with E-state index in [1.807, 2.05) is 30.3 Å². The molecule has 2 aromatic rings. The van der Waals surface area contributed by atoms with E-state index in [-0.39, 0.29) is 0 Å². The third-order valence-corrected chi connectivity index (χ3v) is 1.38. The van der Waals surface area contributed by atoms with Crippen molar-refractivity contribution in [3.05, 3.63) is 30.3 Å². The third kappa shape index (κ3) is 5.17. The van der Waals surface area contributed by atoms with Gasteiger partial charge in [0.15, 0.2) is 0 Å². The second-order valence-corrected chi connectivity index (χ2v) is 4.30. The molecule has 0 atom stereocenters. The van der Waals surface area contributed by atoms with Crippen LogP contribution in [-0.4, -0.2) is 39.9 Å². The molecule has 86 valence electrons. The molecule has 0 radical (unpaired) electrons. The van der Waals surface area contributed by atoms with Crippen LogP contribution in [0.5, 0.6) is 0 Å². The number of rotatable bonds is 1. The molecule has 1 aromatic heterocycles. The summed E-state index contributed by atoms with van der Waals surface area (Å²) in [5.74, 6) is 0.630. The molecule has 0 unspecified atom stereocenters. The minimum absolute atomic E-state index is 0.630. The van der Waals surface area contributed by atoms with Gasteiger partial charge in [-0.2, -0.15) is 13.6 Å². The molecule has 0 aliphatic heterocycles. The highest BCUT2D eigenvalue weighted by Crippen LogP contribution is 2.10. The number of tetrazole rings is 1. The van der Waals surface area contributed by atoms with Crippen LogP contribution in [0.3, 0.4) is 0 Å². The molecule has 1 heterocycles. The van der Waals surface area contributed by atoms with Crippen molar-refractivity contribution in [2.24, 2.45) is 0 Å². The van der Waals surface area contributed by atoms with E-state index in [0.717, 1.165) is 5.56 Å². The van der Waals surface area contributed by atoms with Gasteiger partial charge in [0.25, 0.3) is 10.1 Å². The van der Waals surface area contributed by atoms with E-state index in [1.165, 1.54) is 0 Å². The van der Waals surface area contributed by atoms with Crippen LogP contribution < -0.4 is 0 Å². The zero-order valence-electron chi connectivity index (χ0n) is 8.40. The minimum Gasteiger partial charge on any atom is -0.286 e. The molecule has 16 heavy (non-hydrogen) atoms. The van der Waals surface area contributed by atoms with Crippen LogP contribution in [0, 0.1) is 0 Å². The molecular weight excluding hydrogens is 232 g/mol. The number of nitrogens with one attached hydrogen (secondary N) is 1. The lowest BCUT2D eigenvalue weighted by atomic mass is 10.2. The van der Waals surface area contributed by atoms with Gasteiger partial charge in [0.2, 0.25) is 5.82 Å². The molecule has 0 spiro atoms. The standard InChI is InChI=1S/C7H6N4.CH4O3S/c1-2-4-6(5-3-1)7-8-10-11-9-7;1-5(2,3)4/h1-5H,(H,8,9,10,11);1H3,(H,2,3,4). The summed E-state index contributed by atoms with van der Waals surface area (Å²) in [4.78, 5) is 0. The van der Waals surface area contributed by atoms with Crippen molar-refractivity contribution >= 4 is 10.1 Å². The fraction of sp³-hybridized carbons (Fsp3) is 0.125. The predicted octanol–water partition coefficient (Wildman–Crippen LogP) is 0.371. The summed E-state index contributed by atoms with van der Waals surface area (Å²) in [6.45, 7) is 0. The molecule has 2 rings (SSSR count). The van der Waals surface area contributed by atoms with Gasteiger partial charge < -0.3 is 0 Å². The number of aromatic nitrogens is 4. The van der Waals surface area contributed by atoms with Crippen molar-refractivity contribution in [1.82, 2.24) is 20.6 Å². The van der Waals surface area contributed by atoms with Crippen LogP contribution in [0.4, 0.5) is 0 Å². The number of hydrogen-bond donors (Lipinski definition) is 2. The second-order valence-electron chi connectivity index (χ2n) is 2.83.